The highest BCUT2D eigenvalue weighted by Crippen LogP contribution is 2.14. The van der Waals surface area contributed by atoms with Crippen LogP contribution in [0.15, 0.2) is 12.1 Å². The normalized spacial score (nSPS) is 19.2. The second-order valence-corrected chi connectivity index (χ2v) is 5.68. The highest BCUT2D eigenvalue weighted by atomic mass is 32.1. The van der Waals surface area contributed by atoms with Crippen molar-refractivity contribution in [2.75, 3.05) is 19.8 Å². The molecule has 0 aromatic carbocycles. The minimum Gasteiger partial charge on any atom is -0.381 e. The number of amides is 2. The number of ether oxygens (including phenoxy) is 1. The summed E-state index contributed by atoms with van der Waals surface area (Å²) in [5.74, 6) is 0.477. The fourth-order valence-corrected chi connectivity index (χ4v) is 2.62. The predicted molar refractivity (Wildman–Crippen MR) is 68.2 cm³/mol. The maximum absolute atomic E-state index is 11.5. The van der Waals surface area contributed by atoms with Crippen LogP contribution in [0.25, 0.3) is 0 Å². The van der Waals surface area contributed by atoms with Gasteiger partial charge in [0.1, 0.15) is 0 Å². The van der Waals surface area contributed by atoms with Crippen molar-refractivity contribution in [1.82, 2.24) is 10.6 Å². The molecule has 2 rings (SSSR count). The average molecular weight is 254 g/mol. The summed E-state index contributed by atoms with van der Waals surface area (Å²) < 4.78 is 5.25. The second kappa shape index (κ2) is 6.02. The van der Waals surface area contributed by atoms with E-state index in [-0.39, 0.29) is 6.03 Å². The van der Waals surface area contributed by atoms with Gasteiger partial charge in [-0.3, -0.25) is 0 Å². The molecule has 1 aliphatic heterocycles. The summed E-state index contributed by atoms with van der Waals surface area (Å²) in [7, 11) is 0. The van der Waals surface area contributed by atoms with E-state index in [2.05, 4.69) is 23.6 Å². The lowest BCUT2D eigenvalue weighted by atomic mass is 10.1. The molecule has 1 atom stereocenters. The Kier molecular flexibility index (Phi) is 4.39. The number of rotatable bonds is 4. The van der Waals surface area contributed by atoms with E-state index in [1.807, 2.05) is 6.07 Å². The Morgan fingerprint density at radius 3 is 3.06 bits per heavy atom. The number of hydrogen-bond acceptors (Lipinski definition) is 3. The van der Waals surface area contributed by atoms with Crippen LogP contribution in [-0.4, -0.2) is 25.8 Å². The van der Waals surface area contributed by atoms with Crippen molar-refractivity contribution in [2.24, 2.45) is 5.92 Å². The van der Waals surface area contributed by atoms with Crippen molar-refractivity contribution in [3.8, 4) is 0 Å². The van der Waals surface area contributed by atoms with Crippen LogP contribution in [0.2, 0.25) is 0 Å². The fourth-order valence-electron chi connectivity index (χ4n) is 1.79. The molecule has 1 unspecified atom stereocenters. The van der Waals surface area contributed by atoms with Crippen LogP contribution in [0, 0.1) is 12.8 Å². The van der Waals surface area contributed by atoms with Crippen molar-refractivity contribution >= 4 is 17.4 Å². The highest BCUT2D eigenvalue weighted by Gasteiger charge is 2.15. The van der Waals surface area contributed by atoms with Gasteiger partial charge in [-0.1, -0.05) is 0 Å². The van der Waals surface area contributed by atoms with Crippen LogP contribution in [-0.2, 0) is 11.3 Å². The van der Waals surface area contributed by atoms with E-state index in [0.29, 0.717) is 19.0 Å². The van der Waals surface area contributed by atoms with Crippen molar-refractivity contribution < 1.29 is 9.53 Å². The van der Waals surface area contributed by atoms with E-state index in [4.69, 9.17) is 4.74 Å². The molecule has 2 N–H and O–H groups in total. The monoisotopic (exact) mass is 254 g/mol. The predicted octanol–water partition coefficient (Wildman–Crippen LogP) is 1.89. The number of nitrogens with one attached hydrogen (secondary N) is 2. The summed E-state index contributed by atoms with van der Waals surface area (Å²) in [5.41, 5.74) is 0. The van der Waals surface area contributed by atoms with Gasteiger partial charge in [0.15, 0.2) is 0 Å². The van der Waals surface area contributed by atoms with Gasteiger partial charge < -0.3 is 15.4 Å². The Bertz CT molecular complexity index is 372. The van der Waals surface area contributed by atoms with E-state index in [1.165, 1.54) is 9.75 Å². The van der Waals surface area contributed by atoms with Gasteiger partial charge >= 0.3 is 6.03 Å². The van der Waals surface area contributed by atoms with Gasteiger partial charge in [-0.25, -0.2) is 4.79 Å². The molecule has 5 heteroatoms. The summed E-state index contributed by atoms with van der Waals surface area (Å²) in [5, 5.41) is 5.73. The Balaban J connectivity index is 1.63. The molecular weight excluding hydrogens is 236 g/mol. The molecule has 0 bridgehead atoms. The standard InChI is InChI=1S/C12H18N2O2S/c1-9-2-3-11(17-9)7-14-12(15)13-6-10-4-5-16-8-10/h2-3,10H,4-8H2,1H3,(H2,13,14,15). The lowest BCUT2D eigenvalue weighted by Crippen LogP contribution is -2.37. The smallest absolute Gasteiger partial charge is 0.315 e. The third-order valence-corrected chi connectivity index (χ3v) is 3.80. The molecule has 1 aromatic heterocycles. The van der Waals surface area contributed by atoms with E-state index < -0.39 is 0 Å². The third-order valence-electron chi connectivity index (χ3n) is 2.79. The van der Waals surface area contributed by atoms with Gasteiger partial charge in [-0.2, -0.15) is 0 Å². The average Bonchev–Trinajstić information content (AvgIpc) is 2.95. The molecule has 0 saturated carbocycles. The molecule has 4 nitrogen and oxygen atoms in total. The fraction of sp³-hybridized carbons (Fsp3) is 0.583. The van der Waals surface area contributed by atoms with Gasteiger partial charge in [0.05, 0.1) is 13.2 Å². The van der Waals surface area contributed by atoms with Crippen LogP contribution in [0.5, 0.6) is 0 Å². The minimum absolute atomic E-state index is 0.0945. The first kappa shape index (κ1) is 12.4. The zero-order chi connectivity index (χ0) is 12.1. The largest absolute Gasteiger partial charge is 0.381 e. The Hall–Kier alpha value is -1.07. The molecule has 0 spiro atoms. The summed E-state index contributed by atoms with van der Waals surface area (Å²) in [4.78, 5) is 14.0. The van der Waals surface area contributed by atoms with Crippen LogP contribution in [0.1, 0.15) is 16.2 Å². The summed E-state index contributed by atoms with van der Waals surface area (Å²) in [6, 6.07) is 4.02. The molecule has 1 saturated heterocycles. The summed E-state index contributed by atoms with van der Waals surface area (Å²) >= 11 is 1.71. The Morgan fingerprint density at radius 1 is 1.53 bits per heavy atom. The van der Waals surface area contributed by atoms with E-state index in [0.717, 1.165) is 19.6 Å². The maximum atomic E-state index is 11.5. The van der Waals surface area contributed by atoms with Crippen molar-refractivity contribution in [3.63, 3.8) is 0 Å². The first-order valence-electron chi connectivity index (χ1n) is 5.89. The number of carbonyl (C=O) groups excluding carboxylic acids is 1. The first-order valence-corrected chi connectivity index (χ1v) is 6.70. The van der Waals surface area contributed by atoms with Crippen molar-refractivity contribution in [1.29, 1.82) is 0 Å². The Labute approximate surface area is 105 Å². The molecule has 94 valence electrons. The molecular formula is C12H18N2O2S. The van der Waals surface area contributed by atoms with Gasteiger partial charge in [0.25, 0.3) is 0 Å². The van der Waals surface area contributed by atoms with Crippen LogP contribution < -0.4 is 10.6 Å². The van der Waals surface area contributed by atoms with Crippen LogP contribution in [0.3, 0.4) is 0 Å². The van der Waals surface area contributed by atoms with Crippen molar-refractivity contribution in [2.45, 2.75) is 19.9 Å². The number of aryl methyl sites for hydroxylation is 1. The topological polar surface area (TPSA) is 50.4 Å². The summed E-state index contributed by atoms with van der Waals surface area (Å²) in [6.07, 6.45) is 1.05. The van der Waals surface area contributed by atoms with E-state index in [9.17, 15) is 4.79 Å². The SMILES string of the molecule is Cc1ccc(CNC(=O)NCC2CCOC2)s1. The molecule has 2 amide bonds. The van der Waals surface area contributed by atoms with Gasteiger partial charge in [0, 0.05) is 28.8 Å². The number of thiophene rings is 1. The number of carbonyl (C=O) groups is 1. The van der Waals surface area contributed by atoms with Gasteiger partial charge in [-0.15, -0.1) is 11.3 Å². The molecule has 0 radical (unpaired) electrons. The molecule has 2 heterocycles. The molecule has 17 heavy (non-hydrogen) atoms. The number of hydrogen-bond donors (Lipinski definition) is 2. The van der Waals surface area contributed by atoms with Crippen LogP contribution >= 0.6 is 11.3 Å². The van der Waals surface area contributed by atoms with Crippen molar-refractivity contribution in [3.05, 3.63) is 21.9 Å². The lowest BCUT2D eigenvalue weighted by molar-refractivity contribution is 0.185. The molecule has 1 aromatic rings. The Morgan fingerprint density at radius 2 is 2.41 bits per heavy atom. The summed E-state index contributed by atoms with van der Waals surface area (Å²) in [6.45, 7) is 4.96. The van der Waals surface area contributed by atoms with Crippen LogP contribution in [0.4, 0.5) is 4.79 Å². The van der Waals surface area contributed by atoms with Gasteiger partial charge in [-0.05, 0) is 25.5 Å². The lowest BCUT2D eigenvalue weighted by Gasteiger charge is -2.10. The van der Waals surface area contributed by atoms with Gasteiger partial charge in [0.2, 0.25) is 0 Å². The third kappa shape index (κ3) is 4.02. The number of urea groups is 1. The molecule has 1 fully saturated rings. The zero-order valence-corrected chi connectivity index (χ0v) is 10.8. The second-order valence-electron chi connectivity index (χ2n) is 4.31. The minimum atomic E-state index is -0.0945. The quantitative estimate of drug-likeness (QED) is 0.862. The van der Waals surface area contributed by atoms with E-state index >= 15 is 0 Å². The maximum Gasteiger partial charge on any atom is 0.315 e. The first-order chi connectivity index (χ1) is 8.24. The zero-order valence-electron chi connectivity index (χ0n) is 9.99. The highest BCUT2D eigenvalue weighted by molar-refractivity contribution is 7.11. The van der Waals surface area contributed by atoms with E-state index in [1.54, 1.807) is 11.3 Å². The molecule has 1 aliphatic rings. The molecule has 0 aliphatic carbocycles.